The van der Waals surface area contributed by atoms with Crippen molar-refractivity contribution in [3.8, 4) is 17.2 Å². The number of halogens is 2. The molecule has 2 aliphatic heterocycles. The van der Waals surface area contributed by atoms with Gasteiger partial charge < -0.3 is 23.8 Å². The smallest absolute Gasteiger partial charge is 0.253 e. The van der Waals surface area contributed by atoms with E-state index in [1.807, 2.05) is 28.0 Å². The molecule has 0 N–H and O–H groups in total. The van der Waals surface area contributed by atoms with Crippen LogP contribution < -0.4 is 14.2 Å². The van der Waals surface area contributed by atoms with Crippen molar-refractivity contribution in [1.82, 2.24) is 9.80 Å². The van der Waals surface area contributed by atoms with Crippen LogP contribution in [0.25, 0.3) is 0 Å². The van der Waals surface area contributed by atoms with E-state index in [0.29, 0.717) is 69.6 Å². The first-order chi connectivity index (χ1) is 17.3. The third-order valence-corrected chi connectivity index (χ3v) is 6.52. The number of hydrogen-bond donors (Lipinski definition) is 0. The summed E-state index contributed by atoms with van der Waals surface area (Å²) in [5.41, 5.74) is 1.44. The van der Waals surface area contributed by atoms with Gasteiger partial charge >= 0.3 is 0 Å². The Kier molecular flexibility index (Phi) is 8.93. The van der Waals surface area contributed by atoms with Crippen LogP contribution in [0.4, 0.5) is 4.39 Å². The van der Waals surface area contributed by atoms with Crippen LogP contribution in [0, 0.1) is 11.7 Å². The minimum Gasteiger partial charge on any atom is -0.495 e. The molecular weight excluding hydrogens is 487 g/mol. The summed E-state index contributed by atoms with van der Waals surface area (Å²) < 4.78 is 37.2. The minimum atomic E-state index is -0.629. The van der Waals surface area contributed by atoms with Gasteiger partial charge in [0.15, 0.2) is 11.5 Å². The lowest BCUT2D eigenvalue weighted by molar-refractivity contribution is -0.151. The molecule has 1 fully saturated rings. The zero-order chi connectivity index (χ0) is 25.7. The third-order valence-electron chi connectivity index (χ3n) is 6.22. The van der Waals surface area contributed by atoms with Crippen LogP contribution >= 0.6 is 11.6 Å². The van der Waals surface area contributed by atoms with Gasteiger partial charge in [0.1, 0.15) is 17.7 Å². The molecule has 0 saturated carbocycles. The van der Waals surface area contributed by atoms with Crippen molar-refractivity contribution in [3.63, 3.8) is 0 Å². The lowest BCUT2D eigenvalue weighted by Crippen LogP contribution is -2.51. The SMILES string of the molecule is COc1cc(CN2CCOC(C(=O)N(Cc3ccc4c(c3)OCCCO4)CC(C)C)C2)c(F)cc1Cl. The van der Waals surface area contributed by atoms with Gasteiger partial charge in [-0.05, 0) is 35.7 Å². The summed E-state index contributed by atoms with van der Waals surface area (Å²) in [6.07, 6.45) is 0.208. The number of hydrogen-bond acceptors (Lipinski definition) is 6. The van der Waals surface area contributed by atoms with Crippen molar-refractivity contribution in [2.45, 2.75) is 39.5 Å². The highest BCUT2D eigenvalue weighted by Gasteiger charge is 2.31. The van der Waals surface area contributed by atoms with Crippen LogP contribution in [0.2, 0.25) is 5.02 Å². The van der Waals surface area contributed by atoms with Gasteiger partial charge in [-0.1, -0.05) is 31.5 Å². The highest BCUT2D eigenvalue weighted by atomic mass is 35.5. The molecule has 2 aliphatic rings. The Morgan fingerprint density at radius 2 is 1.97 bits per heavy atom. The number of rotatable bonds is 8. The number of methoxy groups -OCH3 is 1. The topological polar surface area (TPSA) is 60.5 Å². The molecule has 0 bridgehead atoms. The fourth-order valence-corrected chi connectivity index (χ4v) is 4.72. The van der Waals surface area contributed by atoms with Gasteiger partial charge in [-0.3, -0.25) is 9.69 Å². The van der Waals surface area contributed by atoms with Gasteiger partial charge in [0.05, 0.1) is 32.0 Å². The molecule has 4 rings (SSSR count). The van der Waals surface area contributed by atoms with Gasteiger partial charge in [-0.2, -0.15) is 0 Å². The number of amides is 1. The normalized spacial score (nSPS) is 18.1. The summed E-state index contributed by atoms with van der Waals surface area (Å²) in [6.45, 7) is 8.13. The second kappa shape index (κ2) is 12.1. The molecule has 0 aliphatic carbocycles. The first-order valence-electron chi connectivity index (χ1n) is 12.4. The highest BCUT2D eigenvalue weighted by molar-refractivity contribution is 6.32. The van der Waals surface area contributed by atoms with E-state index in [9.17, 15) is 9.18 Å². The Morgan fingerprint density at radius 3 is 2.72 bits per heavy atom. The van der Waals surface area contributed by atoms with Crippen molar-refractivity contribution < 1.29 is 28.1 Å². The minimum absolute atomic E-state index is 0.0744. The number of carbonyl (C=O) groups excluding carboxylic acids is 1. The molecule has 1 atom stereocenters. The molecular formula is C27H34ClFN2O5. The predicted octanol–water partition coefficient (Wildman–Crippen LogP) is 4.53. The average Bonchev–Trinajstić information content (AvgIpc) is 3.10. The predicted molar refractivity (Wildman–Crippen MR) is 135 cm³/mol. The van der Waals surface area contributed by atoms with E-state index in [1.165, 1.54) is 13.2 Å². The summed E-state index contributed by atoms with van der Waals surface area (Å²) in [5.74, 6) is 1.68. The Bertz CT molecular complexity index is 1070. The Labute approximate surface area is 217 Å². The highest BCUT2D eigenvalue weighted by Crippen LogP contribution is 2.31. The Hall–Kier alpha value is -2.55. The van der Waals surface area contributed by atoms with Crippen LogP contribution in [0.5, 0.6) is 17.2 Å². The molecule has 2 heterocycles. The number of carbonyl (C=O) groups is 1. The number of benzene rings is 2. The largest absolute Gasteiger partial charge is 0.495 e. The van der Waals surface area contributed by atoms with E-state index in [-0.39, 0.29) is 16.8 Å². The average molecular weight is 521 g/mol. The van der Waals surface area contributed by atoms with E-state index in [0.717, 1.165) is 17.7 Å². The zero-order valence-corrected chi connectivity index (χ0v) is 21.9. The van der Waals surface area contributed by atoms with E-state index >= 15 is 0 Å². The van der Waals surface area contributed by atoms with Gasteiger partial charge in [0.2, 0.25) is 0 Å². The van der Waals surface area contributed by atoms with E-state index in [1.54, 1.807) is 6.07 Å². The number of fused-ring (bicyclic) bond motifs is 1. The van der Waals surface area contributed by atoms with Gasteiger partial charge in [-0.25, -0.2) is 4.39 Å². The summed E-state index contributed by atoms with van der Waals surface area (Å²) in [6, 6.07) is 8.70. The molecule has 9 heteroatoms. The molecule has 7 nitrogen and oxygen atoms in total. The fourth-order valence-electron chi connectivity index (χ4n) is 4.49. The number of ether oxygens (including phenoxy) is 4. The summed E-state index contributed by atoms with van der Waals surface area (Å²) in [4.78, 5) is 17.5. The van der Waals surface area contributed by atoms with Crippen molar-refractivity contribution in [2.24, 2.45) is 5.92 Å². The lowest BCUT2D eigenvalue weighted by Gasteiger charge is -2.35. The second-order valence-electron chi connectivity index (χ2n) is 9.62. The molecule has 36 heavy (non-hydrogen) atoms. The first kappa shape index (κ1) is 26.5. The summed E-state index contributed by atoms with van der Waals surface area (Å²) in [7, 11) is 1.50. The standard InChI is InChI=1S/C27H34ClFN2O5/c1-18(2)14-31(15-19-5-6-23-25(11-19)35-9-4-8-34-23)27(32)26-17-30(7-10-36-26)16-20-12-24(33-3)21(28)13-22(20)29/h5-6,11-13,18,26H,4,7-10,14-17H2,1-3H3. The third kappa shape index (κ3) is 6.60. The van der Waals surface area contributed by atoms with E-state index < -0.39 is 11.9 Å². The van der Waals surface area contributed by atoms with Crippen LogP contribution in [0.1, 0.15) is 31.4 Å². The van der Waals surface area contributed by atoms with Crippen LogP contribution in [-0.2, 0) is 22.6 Å². The Balaban J connectivity index is 1.45. The van der Waals surface area contributed by atoms with Crippen LogP contribution in [-0.4, -0.2) is 68.4 Å². The van der Waals surface area contributed by atoms with Gasteiger partial charge in [0.25, 0.3) is 5.91 Å². The molecule has 1 saturated heterocycles. The second-order valence-corrected chi connectivity index (χ2v) is 10.0. The monoisotopic (exact) mass is 520 g/mol. The van der Waals surface area contributed by atoms with Crippen molar-refractivity contribution in [1.29, 1.82) is 0 Å². The van der Waals surface area contributed by atoms with Crippen molar-refractivity contribution in [3.05, 3.63) is 52.3 Å². The molecule has 0 aromatic heterocycles. The lowest BCUT2D eigenvalue weighted by atomic mass is 10.1. The molecule has 1 amide bonds. The molecule has 1 unspecified atom stereocenters. The first-order valence-corrected chi connectivity index (χ1v) is 12.7. The van der Waals surface area contributed by atoms with Crippen molar-refractivity contribution in [2.75, 3.05) is 46.6 Å². The molecule has 196 valence electrons. The molecule has 2 aromatic rings. The van der Waals surface area contributed by atoms with Gasteiger partial charge in [0, 0.05) is 44.7 Å². The zero-order valence-electron chi connectivity index (χ0n) is 21.1. The molecule has 0 radical (unpaired) electrons. The van der Waals surface area contributed by atoms with Crippen LogP contribution in [0.3, 0.4) is 0 Å². The summed E-state index contributed by atoms with van der Waals surface area (Å²) in [5, 5.41) is 0.230. The maximum absolute atomic E-state index is 14.5. The van der Waals surface area contributed by atoms with E-state index in [4.69, 9.17) is 30.5 Å². The fraction of sp³-hybridized carbons (Fsp3) is 0.519. The quantitative estimate of drug-likeness (QED) is 0.509. The van der Waals surface area contributed by atoms with Crippen LogP contribution in [0.15, 0.2) is 30.3 Å². The number of nitrogens with zero attached hydrogens (tertiary/aromatic N) is 2. The maximum atomic E-state index is 14.5. The molecule has 2 aromatic carbocycles. The molecule has 0 spiro atoms. The van der Waals surface area contributed by atoms with Gasteiger partial charge in [-0.15, -0.1) is 0 Å². The maximum Gasteiger partial charge on any atom is 0.253 e. The summed E-state index contributed by atoms with van der Waals surface area (Å²) >= 11 is 6.04. The Morgan fingerprint density at radius 1 is 1.19 bits per heavy atom. The number of morpholine rings is 1. The van der Waals surface area contributed by atoms with Crippen molar-refractivity contribution >= 4 is 17.5 Å². The van der Waals surface area contributed by atoms with E-state index in [2.05, 4.69) is 13.8 Å².